The van der Waals surface area contributed by atoms with Gasteiger partial charge in [0.25, 0.3) is 5.91 Å². The SMILES string of the molecule is NC(CNC(=O)c1ccccc1Br)C1CC1. The van der Waals surface area contributed by atoms with E-state index >= 15 is 0 Å². The van der Waals surface area contributed by atoms with Crippen molar-refractivity contribution in [3.63, 3.8) is 0 Å². The van der Waals surface area contributed by atoms with Gasteiger partial charge in [0.1, 0.15) is 0 Å². The average Bonchev–Trinajstić information content (AvgIpc) is 3.10. The van der Waals surface area contributed by atoms with Gasteiger partial charge in [0.05, 0.1) is 5.56 Å². The lowest BCUT2D eigenvalue weighted by Crippen LogP contribution is -2.38. The van der Waals surface area contributed by atoms with Gasteiger partial charge in [0, 0.05) is 17.1 Å². The van der Waals surface area contributed by atoms with E-state index in [0.717, 1.165) is 4.47 Å². The van der Waals surface area contributed by atoms with Gasteiger partial charge in [-0.25, -0.2) is 0 Å². The summed E-state index contributed by atoms with van der Waals surface area (Å²) in [7, 11) is 0. The molecule has 16 heavy (non-hydrogen) atoms. The van der Waals surface area contributed by atoms with E-state index in [-0.39, 0.29) is 11.9 Å². The van der Waals surface area contributed by atoms with Crippen LogP contribution in [0.3, 0.4) is 0 Å². The number of carbonyl (C=O) groups is 1. The summed E-state index contributed by atoms with van der Waals surface area (Å²) < 4.78 is 0.812. The first-order valence-electron chi connectivity index (χ1n) is 5.47. The molecule has 1 aliphatic carbocycles. The zero-order chi connectivity index (χ0) is 11.5. The Morgan fingerprint density at radius 1 is 1.50 bits per heavy atom. The van der Waals surface area contributed by atoms with Crippen molar-refractivity contribution in [2.45, 2.75) is 18.9 Å². The monoisotopic (exact) mass is 282 g/mol. The molecule has 86 valence electrons. The summed E-state index contributed by atoms with van der Waals surface area (Å²) in [6.45, 7) is 0.560. The number of hydrogen-bond acceptors (Lipinski definition) is 2. The first-order chi connectivity index (χ1) is 7.68. The van der Waals surface area contributed by atoms with E-state index in [4.69, 9.17) is 5.73 Å². The summed E-state index contributed by atoms with van der Waals surface area (Å²) in [5.74, 6) is 0.545. The van der Waals surface area contributed by atoms with Gasteiger partial charge >= 0.3 is 0 Å². The van der Waals surface area contributed by atoms with Crippen molar-refractivity contribution in [1.29, 1.82) is 0 Å². The molecule has 0 radical (unpaired) electrons. The molecule has 3 nitrogen and oxygen atoms in total. The predicted octanol–water partition coefficient (Wildman–Crippen LogP) is 1.92. The molecule has 0 aliphatic heterocycles. The van der Waals surface area contributed by atoms with Crippen molar-refractivity contribution >= 4 is 21.8 Å². The van der Waals surface area contributed by atoms with Crippen LogP contribution in [0.25, 0.3) is 0 Å². The highest BCUT2D eigenvalue weighted by Crippen LogP contribution is 2.31. The highest BCUT2D eigenvalue weighted by atomic mass is 79.9. The van der Waals surface area contributed by atoms with Crippen molar-refractivity contribution in [1.82, 2.24) is 5.32 Å². The number of hydrogen-bond donors (Lipinski definition) is 2. The van der Waals surface area contributed by atoms with Crippen molar-refractivity contribution in [3.05, 3.63) is 34.3 Å². The smallest absolute Gasteiger partial charge is 0.252 e. The lowest BCUT2D eigenvalue weighted by molar-refractivity contribution is 0.0949. The molecule has 0 bridgehead atoms. The maximum Gasteiger partial charge on any atom is 0.252 e. The second kappa shape index (κ2) is 4.97. The molecule has 1 unspecified atom stereocenters. The highest BCUT2D eigenvalue weighted by molar-refractivity contribution is 9.10. The Balaban J connectivity index is 1.90. The van der Waals surface area contributed by atoms with Gasteiger partial charge in [-0.05, 0) is 46.8 Å². The third-order valence-electron chi connectivity index (χ3n) is 2.84. The van der Waals surface area contributed by atoms with Crippen LogP contribution in [-0.4, -0.2) is 18.5 Å². The van der Waals surface area contributed by atoms with Gasteiger partial charge in [-0.15, -0.1) is 0 Å². The minimum Gasteiger partial charge on any atom is -0.350 e. The van der Waals surface area contributed by atoms with E-state index in [1.54, 1.807) is 6.07 Å². The molecule has 1 amide bonds. The number of halogens is 1. The summed E-state index contributed by atoms with van der Waals surface area (Å²) >= 11 is 3.35. The molecule has 1 atom stereocenters. The molecule has 1 aromatic rings. The second-order valence-electron chi connectivity index (χ2n) is 4.19. The molecule has 3 N–H and O–H groups in total. The number of carbonyl (C=O) groups excluding carboxylic acids is 1. The molecule has 4 heteroatoms. The van der Waals surface area contributed by atoms with E-state index in [1.807, 2.05) is 18.2 Å². The molecule has 0 spiro atoms. The maximum atomic E-state index is 11.8. The standard InChI is InChI=1S/C12H15BrN2O/c13-10-4-2-1-3-9(10)12(16)15-7-11(14)8-5-6-8/h1-4,8,11H,5-7,14H2,(H,15,16). The summed E-state index contributed by atoms with van der Waals surface area (Å²) in [6, 6.07) is 7.49. The number of amides is 1. The van der Waals surface area contributed by atoms with Gasteiger partial charge in [-0.1, -0.05) is 12.1 Å². The van der Waals surface area contributed by atoms with E-state index in [1.165, 1.54) is 12.8 Å². The summed E-state index contributed by atoms with van der Waals surface area (Å²) in [5, 5.41) is 2.87. The normalized spacial score (nSPS) is 16.9. The van der Waals surface area contributed by atoms with Crippen molar-refractivity contribution in [2.75, 3.05) is 6.54 Å². The van der Waals surface area contributed by atoms with Crippen LogP contribution < -0.4 is 11.1 Å². The molecule has 1 aromatic carbocycles. The Morgan fingerprint density at radius 2 is 2.19 bits per heavy atom. The fourth-order valence-corrected chi connectivity index (χ4v) is 2.11. The zero-order valence-electron chi connectivity index (χ0n) is 8.95. The van der Waals surface area contributed by atoms with Crippen LogP contribution >= 0.6 is 15.9 Å². The van der Waals surface area contributed by atoms with Crippen LogP contribution in [-0.2, 0) is 0 Å². The molecular formula is C12H15BrN2O. The topological polar surface area (TPSA) is 55.1 Å². The third kappa shape index (κ3) is 2.83. The first kappa shape index (κ1) is 11.6. The molecule has 2 rings (SSSR count). The van der Waals surface area contributed by atoms with Gasteiger partial charge < -0.3 is 11.1 Å². The molecule has 1 saturated carbocycles. The van der Waals surface area contributed by atoms with Crippen molar-refractivity contribution in [3.8, 4) is 0 Å². The maximum absolute atomic E-state index is 11.8. The van der Waals surface area contributed by atoms with Crippen LogP contribution in [0.1, 0.15) is 23.2 Å². The summed E-state index contributed by atoms with van der Waals surface area (Å²) in [4.78, 5) is 11.8. The molecule has 0 saturated heterocycles. The number of benzene rings is 1. The molecule has 0 aromatic heterocycles. The summed E-state index contributed by atoms with van der Waals surface area (Å²) in [5.41, 5.74) is 6.57. The van der Waals surface area contributed by atoms with Gasteiger partial charge in [0.15, 0.2) is 0 Å². The Bertz CT molecular complexity index is 390. The zero-order valence-corrected chi connectivity index (χ0v) is 10.5. The van der Waals surface area contributed by atoms with E-state index in [0.29, 0.717) is 18.0 Å². The fourth-order valence-electron chi connectivity index (χ4n) is 1.64. The van der Waals surface area contributed by atoms with Crippen molar-refractivity contribution in [2.24, 2.45) is 11.7 Å². The van der Waals surface area contributed by atoms with Crippen molar-refractivity contribution < 1.29 is 4.79 Å². The Kier molecular flexibility index (Phi) is 3.61. The average molecular weight is 283 g/mol. The van der Waals surface area contributed by atoms with E-state index < -0.39 is 0 Å². The lowest BCUT2D eigenvalue weighted by atomic mass is 10.2. The first-order valence-corrected chi connectivity index (χ1v) is 6.26. The van der Waals surface area contributed by atoms with Crippen LogP contribution in [0.15, 0.2) is 28.7 Å². The Hall–Kier alpha value is -0.870. The number of nitrogens with one attached hydrogen (secondary N) is 1. The van der Waals surface area contributed by atoms with Crippen LogP contribution in [0.2, 0.25) is 0 Å². The van der Waals surface area contributed by atoms with Gasteiger partial charge in [-0.2, -0.15) is 0 Å². The Labute approximate surface area is 104 Å². The highest BCUT2D eigenvalue weighted by Gasteiger charge is 2.28. The van der Waals surface area contributed by atoms with E-state index in [2.05, 4.69) is 21.2 Å². The third-order valence-corrected chi connectivity index (χ3v) is 3.54. The molecular weight excluding hydrogens is 268 g/mol. The summed E-state index contributed by atoms with van der Waals surface area (Å²) in [6.07, 6.45) is 2.40. The quantitative estimate of drug-likeness (QED) is 0.887. The molecule has 1 aliphatic rings. The lowest BCUT2D eigenvalue weighted by Gasteiger charge is -2.12. The van der Waals surface area contributed by atoms with Gasteiger partial charge in [-0.3, -0.25) is 4.79 Å². The second-order valence-corrected chi connectivity index (χ2v) is 5.05. The Morgan fingerprint density at radius 3 is 2.81 bits per heavy atom. The minimum atomic E-state index is -0.0661. The minimum absolute atomic E-state index is 0.0661. The largest absolute Gasteiger partial charge is 0.350 e. The number of rotatable bonds is 4. The predicted molar refractivity (Wildman–Crippen MR) is 67.2 cm³/mol. The van der Waals surface area contributed by atoms with Crippen LogP contribution in [0.5, 0.6) is 0 Å². The van der Waals surface area contributed by atoms with E-state index in [9.17, 15) is 4.79 Å². The van der Waals surface area contributed by atoms with Crippen LogP contribution in [0.4, 0.5) is 0 Å². The molecule has 1 fully saturated rings. The van der Waals surface area contributed by atoms with Crippen LogP contribution in [0, 0.1) is 5.92 Å². The number of nitrogens with two attached hydrogens (primary N) is 1. The fraction of sp³-hybridized carbons (Fsp3) is 0.417. The molecule has 0 heterocycles. The van der Waals surface area contributed by atoms with Gasteiger partial charge in [0.2, 0.25) is 0 Å².